The number of hydrogen-bond donors (Lipinski definition) is 0. The van der Waals surface area contributed by atoms with Gasteiger partial charge >= 0.3 is 0 Å². The first kappa shape index (κ1) is 6.37. The highest BCUT2D eigenvalue weighted by molar-refractivity contribution is 7.78. The highest BCUT2D eigenvalue weighted by Crippen LogP contribution is 1.93. The van der Waals surface area contributed by atoms with Crippen LogP contribution in [0.4, 0.5) is 0 Å². The van der Waals surface area contributed by atoms with Gasteiger partial charge < -0.3 is 8.97 Å². The molecule has 0 bridgehead atoms. The summed E-state index contributed by atoms with van der Waals surface area (Å²) in [5, 5.41) is 6.63. The minimum absolute atomic E-state index is 0.114. The molecule has 0 aliphatic heterocycles. The summed E-state index contributed by atoms with van der Waals surface area (Å²) in [5.41, 5.74) is 0. The average Bonchev–Trinajstić information content (AvgIpc) is 2.15. The molecule has 9 heavy (non-hydrogen) atoms. The van der Waals surface area contributed by atoms with E-state index in [1.807, 2.05) is 0 Å². The molecule has 1 unspecified atom stereocenters. The topological polar surface area (TPSA) is 79.0 Å². The fourth-order valence-corrected chi connectivity index (χ4v) is 0.687. The van der Waals surface area contributed by atoms with E-state index in [1.165, 1.54) is 0 Å². The second-order valence-electron chi connectivity index (χ2n) is 1.28. The molecule has 0 N–H and O–H groups in total. The molecule has 1 rings (SSSR count). The SMILES string of the molecule is O=S([O-])Cc1nnco1. The molecule has 0 aliphatic carbocycles. The van der Waals surface area contributed by atoms with Gasteiger partial charge in [0.1, 0.15) is 0 Å². The zero-order valence-corrected chi connectivity index (χ0v) is 5.13. The Labute approximate surface area is 53.4 Å². The number of aromatic nitrogens is 2. The lowest BCUT2D eigenvalue weighted by Gasteiger charge is -1.97. The lowest BCUT2D eigenvalue weighted by Crippen LogP contribution is -1.92. The lowest BCUT2D eigenvalue weighted by molar-refractivity contribution is 0.494. The van der Waals surface area contributed by atoms with E-state index in [0.29, 0.717) is 0 Å². The van der Waals surface area contributed by atoms with Crippen molar-refractivity contribution in [2.45, 2.75) is 5.75 Å². The van der Waals surface area contributed by atoms with Gasteiger partial charge in [0.15, 0.2) is 0 Å². The van der Waals surface area contributed by atoms with Crippen molar-refractivity contribution >= 4 is 11.1 Å². The minimum Gasteiger partial charge on any atom is -0.772 e. The summed E-state index contributed by atoms with van der Waals surface area (Å²) in [4.78, 5) is 0. The maximum atomic E-state index is 9.94. The fourth-order valence-electron chi connectivity index (χ4n) is 0.360. The normalized spacial score (nSPS) is 13.4. The molecule has 50 valence electrons. The van der Waals surface area contributed by atoms with Crippen LogP contribution >= 0.6 is 0 Å². The van der Waals surface area contributed by atoms with E-state index in [0.717, 1.165) is 6.39 Å². The molecular weight excluding hydrogens is 144 g/mol. The number of nitrogens with zero attached hydrogens (tertiary/aromatic N) is 2. The van der Waals surface area contributed by atoms with Gasteiger partial charge in [0.05, 0.1) is 5.75 Å². The van der Waals surface area contributed by atoms with Crippen LogP contribution in [0.5, 0.6) is 0 Å². The summed E-state index contributed by atoms with van der Waals surface area (Å²) < 4.78 is 24.4. The van der Waals surface area contributed by atoms with E-state index in [2.05, 4.69) is 14.6 Å². The van der Waals surface area contributed by atoms with Crippen LogP contribution in [0.1, 0.15) is 5.89 Å². The van der Waals surface area contributed by atoms with Crippen molar-refractivity contribution in [3.63, 3.8) is 0 Å². The standard InChI is InChI=1S/C3H4N2O3S/c6-9(7)1-3-5-4-2-8-3/h2H,1H2,(H,6,7)/p-1. The third kappa shape index (κ3) is 1.90. The second kappa shape index (κ2) is 2.70. The lowest BCUT2D eigenvalue weighted by atomic mass is 10.8. The first-order valence-electron chi connectivity index (χ1n) is 2.10. The van der Waals surface area contributed by atoms with Gasteiger partial charge in [-0.15, -0.1) is 10.2 Å². The van der Waals surface area contributed by atoms with Crippen LogP contribution in [0.2, 0.25) is 0 Å². The first-order chi connectivity index (χ1) is 4.29. The molecule has 0 spiro atoms. The Morgan fingerprint density at radius 1 is 1.89 bits per heavy atom. The zero-order chi connectivity index (χ0) is 6.69. The van der Waals surface area contributed by atoms with E-state index < -0.39 is 11.1 Å². The Morgan fingerprint density at radius 2 is 2.67 bits per heavy atom. The Kier molecular flexibility index (Phi) is 1.91. The molecular formula is C3H3N2O3S-. The predicted octanol–water partition coefficient (Wildman–Crippen LogP) is -0.551. The molecule has 0 radical (unpaired) electrons. The molecule has 5 nitrogen and oxygen atoms in total. The Morgan fingerprint density at radius 3 is 3.11 bits per heavy atom. The van der Waals surface area contributed by atoms with Gasteiger partial charge in [0, 0.05) is 0 Å². The van der Waals surface area contributed by atoms with Crippen molar-refractivity contribution in [3.8, 4) is 0 Å². The van der Waals surface area contributed by atoms with E-state index in [1.54, 1.807) is 0 Å². The summed E-state index contributed by atoms with van der Waals surface area (Å²) in [6.45, 7) is 0. The van der Waals surface area contributed by atoms with Crippen molar-refractivity contribution in [1.82, 2.24) is 10.2 Å². The Balaban J connectivity index is 2.58. The smallest absolute Gasteiger partial charge is 0.227 e. The number of rotatable bonds is 2. The molecule has 1 heterocycles. The van der Waals surface area contributed by atoms with Crippen molar-refractivity contribution < 1.29 is 13.2 Å². The largest absolute Gasteiger partial charge is 0.772 e. The number of hydrogen-bond acceptors (Lipinski definition) is 5. The van der Waals surface area contributed by atoms with Crippen molar-refractivity contribution in [2.75, 3.05) is 0 Å². The Hall–Kier alpha value is -0.750. The summed E-state index contributed by atoms with van der Waals surface area (Å²) in [7, 11) is 0. The van der Waals surface area contributed by atoms with Crippen LogP contribution in [0, 0.1) is 0 Å². The molecule has 1 aromatic rings. The summed E-state index contributed by atoms with van der Waals surface area (Å²) in [5.74, 6) is -0.0941. The van der Waals surface area contributed by atoms with Crippen LogP contribution in [-0.2, 0) is 16.8 Å². The van der Waals surface area contributed by atoms with Gasteiger partial charge in [0.2, 0.25) is 12.3 Å². The molecule has 6 heteroatoms. The highest BCUT2D eigenvalue weighted by atomic mass is 32.2. The molecule has 1 atom stereocenters. The predicted molar refractivity (Wildman–Crippen MR) is 26.9 cm³/mol. The molecule has 0 aliphatic rings. The maximum Gasteiger partial charge on any atom is 0.227 e. The summed E-state index contributed by atoms with van der Waals surface area (Å²) in [6, 6.07) is 0. The summed E-state index contributed by atoms with van der Waals surface area (Å²) in [6.07, 6.45) is 1.09. The Bertz CT molecular complexity index is 197. The van der Waals surface area contributed by atoms with E-state index in [9.17, 15) is 8.76 Å². The van der Waals surface area contributed by atoms with Crippen LogP contribution in [0.25, 0.3) is 0 Å². The average molecular weight is 147 g/mol. The van der Waals surface area contributed by atoms with E-state index in [-0.39, 0.29) is 11.6 Å². The van der Waals surface area contributed by atoms with Gasteiger partial charge in [-0.05, 0) is 11.1 Å². The van der Waals surface area contributed by atoms with Crippen LogP contribution in [-0.4, -0.2) is 19.0 Å². The molecule has 0 fully saturated rings. The van der Waals surface area contributed by atoms with Crippen molar-refractivity contribution in [1.29, 1.82) is 0 Å². The fraction of sp³-hybridized carbons (Fsp3) is 0.333. The van der Waals surface area contributed by atoms with E-state index >= 15 is 0 Å². The van der Waals surface area contributed by atoms with E-state index in [4.69, 9.17) is 0 Å². The van der Waals surface area contributed by atoms with Gasteiger partial charge in [-0.3, -0.25) is 4.21 Å². The monoisotopic (exact) mass is 147 g/mol. The van der Waals surface area contributed by atoms with Crippen molar-refractivity contribution in [3.05, 3.63) is 12.3 Å². The molecule has 0 saturated heterocycles. The molecule has 0 aromatic carbocycles. The van der Waals surface area contributed by atoms with Crippen LogP contribution in [0.15, 0.2) is 10.8 Å². The zero-order valence-electron chi connectivity index (χ0n) is 4.31. The molecule has 0 amide bonds. The van der Waals surface area contributed by atoms with Crippen molar-refractivity contribution in [2.24, 2.45) is 0 Å². The third-order valence-electron chi connectivity index (χ3n) is 0.646. The third-order valence-corrected chi connectivity index (χ3v) is 1.13. The maximum absolute atomic E-state index is 9.94. The van der Waals surface area contributed by atoms with Crippen LogP contribution < -0.4 is 0 Å². The molecule has 0 saturated carbocycles. The second-order valence-corrected chi connectivity index (χ2v) is 2.18. The minimum atomic E-state index is -2.14. The van der Waals surface area contributed by atoms with Gasteiger partial charge in [0.25, 0.3) is 0 Å². The van der Waals surface area contributed by atoms with Gasteiger partial charge in [-0.2, -0.15) is 0 Å². The van der Waals surface area contributed by atoms with Gasteiger partial charge in [-0.25, -0.2) is 0 Å². The highest BCUT2D eigenvalue weighted by Gasteiger charge is 1.95. The van der Waals surface area contributed by atoms with Gasteiger partial charge in [-0.1, -0.05) is 0 Å². The first-order valence-corrected chi connectivity index (χ1v) is 3.34. The quantitative estimate of drug-likeness (QED) is 0.524. The summed E-state index contributed by atoms with van der Waals surface area (Å²) >= 11 is -2.14. The molecule has 1 aromatic heterocycles. The van der Waals surface area contributed by atoms with Crippen LogP contribution in [0.3, 0.4) is 0 Å².